The molecule has 0 radical (unpaired) electrons. The Morgan fingerprint density at radius 1 is 0.923 bits per heavy atom. The molecule has 1 aromatic heterocycles. The molecule has 0 aliphatic carbocycles. The molecule has 2 amide bonds. The van der Waals surface area contributed by atoms with Crippen molar-refractivity contribution in [2.75, 3.05) is 5.32 Å². The first-order valence-corrected chi connectivity index (χ1v) is 8.75. The van der Waals surface area contributed by atoms with E-state index in [4.69, 9.17) is 0 Å². The topological polar surface area (TPSA) is 71.1 Å². The molecule has 0 atom stereocenters. The van der Waals surface area contributed by atoms with Crippen LogP contribution in [0.15, 0.2) is 77.5 Å². The predicted octanol–water partition coefficient (Wildman–Crippen LogP) is 4.03. The number of hydrogen-bond acceptors (Lipinski definition) is 3. The predicted molar refractivity (Wildman–Crippen MR) is 104 cm³/mol. The van der Waals surface area contributed by atoms with E-state index in [1.807, 2.05) is 30.3 Å². The maximum absolute atomic E-state index is 12.2. The molecular formula is C20H16BrN3O2. The second-order valence-electron chi connectivity index (χ2n) is 5.59. The van der Waals surface area contributed by atoms with Crippen LogP contribution in [0.5, 0.6) is 0 Å². The Bertz CT molecular complexity index is 929. The molecule has 0 spiro atoms. The van der Waals surface area contributed by atoms with Gasteiger partial charge in [0.15, 0.2) is 0 Å². The molecule has 2 N–H and O–H groups in total. The Hall–Kier alpha value is -2.99. The smallest absolute Gasteiger partial charge is 0.257 e. The Kier molecular flexibility index (Phi) is 5.76. The van der Waals surface area contributed by atoms with Crippen molar-refractivity contribution in [3.05, 3.63) is 94.2 Å². The van der Waals surface area contributed by atoms with E-state index in [2.05, 4.69) is 31.5 Å². The average Bonchev–Trinajstić information content (AvgIpc) is 2.67. The molecule has 26 heavy (non-hydrogen) atoms. The van der Waals surface area contributed by atoms with E-state index < -0.39 is 0 Å². The van der Waals surface area contributed by atoms with Gasteiger partial charge in [-0.25, -0.2) is 0 Å². The highest BCUT2D eigenvalue weighted by atomic mass is 79.9. The normalized spacial score (nSPS) is 10.2. The summed E-state index contributed by atoms with van der Waals surface area (Å²) in [6, 6.07) is 18.0. The summed E-state index contributed by atoms with van der Waals surface area (Å²) in [7, 11) is 0. The van der Waals surface area contributed by atoms with Gasteiger partial charge in [0.05, 0.1) is 5.56 Å². The fourth-order valence-corrected chi connectivity index (χ4v) is 2.77. The molecule has 0 fully saturated rings. The number of amides is 2. The Balaban J connectivity index is 1.62. The van der Waals surface area contributed by atoms with E-state index >= 15 is 0 Å². The van der Waals surface area contributed by atoms with Crippen LogP contribution in [-0.4, -0.2) is 16.8 Å². The molecule has 2 aromatic carbocycles. The minimum absolute atomic E-state index is 0.156. The number of carbonyl (C=O) groups excluding carboxylic acids is 2. The largest absolute Gasteiger partial charge is 0.348 e. The molecule has 1 heterocycles. The molecule has 0 bridgehead atoms. The van der Waals surface area contributed by atoms with Gasteiger partial charge in [-0.15, -0.1) is 0 Å². The average molecular weight is 410 g/mol. The van der Waals surface area contributed by atoms with E-state index in [-0.39, 0.29) is 11.8 Å². The number of benzene rings is 2. The molecule has 0 aliphatic rings. The zero-order valence-electron chi connectivity index (χ0n) is 13.8. The number of pyridine rings is 1. The van der Waals surface area contributed by atoms with Crippen LogP contribution in [0.3, 0.4) is 0 Å². The maximum Gasteiger partial charge on any atom is 0.257 e. The third-order valence-corrected chi connectivity index (χ3v) is 4.14. The van der Waals surface area contributed by atoms with Crippen LogP contribution in [0.2, 0.25) is 0 Å². The van der Waals surface area contributed by atoms with Crippen LogP contribution in [0.25, 0.3) is 0 Å². The lowest BCUT2D eigenvalue weighted by atomic mass is 10.1. The first-order chi connectivity index (χ1) is 12.6. The minimum atomic E-state index is -0.228. The Labute approximate surface area is 159 Å². The van der Waals surface area contributed by atoms with E-state index in [1.165, 1.54) is 6.20 Å². The Morgan fingerprint density at radius 2 is 1.73 bits per heavy atom. The van der Waals surface area contributed by atoms with Crippen molar-refractivity contribution in [3.8, 4) is 0 Å². The lowest BCUT2D eigenvalue weighted by Gasteiger charge is -2.09. The Morgan fingerprint density at radius 3 is 2.50 bits per heavy atom. The van der Waals surface area contributed by atoms with E-state index in [0.717, 1.165) is 10.0 Å². The van der Waals surface area contributed by atoms with Gasteiger partial charge in [0, 0.05) is 34.7 Å². The van der Waals surface area contributed by atoms with E-state index in [0.29, 0.717) is 23.4 Å². The van der Waals surface area contributed by atoms with Crippen LogP contribution < -0.4 is 10.6 Å². The van der Waals surface area contributed by atoms with Gasteiger partial charge in [0.25, 0.3) is 11.8 Å². The van der Waals surface area contributed by atoms with Crippen molar-refractivity contribution in [1.29, 1.82) is 0 Å². The molecular weight excluding hydrogens is 394 g/mol. The van der Waals surface area contributed by atoms with Gasteiger partial charge in [-0.3, -0.25) is 14.6 Å². The van der Waals surface area contributed by atoms with E-state index in [9.17, 15) is 9.59 Å². The summed E-state index contributed by atoms with van der Waals surface area (Å²) in [5.41, 5.74) is 2.62. The lowest BCUT2D eigenvalue weighted by molar-refractivity contribution is 0.0950. The highest BCUT2D eigenvalue weighted by molar-refractivity contribution is 9.10. The summed E-state index contributed by atoms with van der Waals surface area (Å²) in [4.78, 5) is 28.3. The number of halogens is 1. The molecule has 3 rings (SSSR count). The number of aromatic nitrogens is 1. The molecule has 0 unspecified atom stereocenters. The summed E-state index contributed by atoms with van der Waals surface area (Å²) in [5, 5.41) is 5.70. The van der Waals surface area contributed by atoms with Gasteiger partial charge >= 0.3 is 0 Å². The highest BCUT2D eigenvalue weighted by Crippen LogP contribution is 2.14. The van der Waals surface area contributed by atoms with Crippen molar-refractivity contribution in [2.45, 2.75) is 6.54 Å². The summed E-state index contributed by atoms with van der Waals surface area (Å²) in [5.74, 6) is -0.385. The van der Waals surface area contributed by atoms with Crippen molar-refractivity contribution in [1.82, 2.24) is 10.3 Å². The second kappa shape index (κ2) is 8.40. The van der Waals surface area contributed by atoms with Crippen LogP contribution in [-0.2, 0) is 6.54 Å². The van der Waals surface area contributed by atoms with Crippen LogP contribution in [0.1, 0.15) is 26.3 Å². The van der Waals surface area contributed by atoms with Gasteiger partial charge in [0.1, 0.15) is 0 Å². The fourth-order valence-electron chi connectivity index (χ4n) is 2.37. The second-order valence-corrected chi connectivity index (χ2v) is 6.50. The SMILES string of the molecule is O=C(NCc1cccc(NC(=O)c2cccnc2)c1)c1cccc(Br)c1. The monoisotopic (exact) mass is 409 g/mol. The fraction of sp³-hybridized carbons (Fsp3) is 0.0500. The van der Waals surface area contributed by atoms with Crippen molar-refractivity contribution >= 4 is 33.4 Å². The van der Waals surface area contributed by atoms with Gasteiger partial charge in [-0.2, -0.15) is 0 Å². The maximum atomic E-state index is 12.2. The van der Waals surface area contributed by atoms with Gasteiger partial charge in [-0.1, -0.05) is 34.1 Å². The summed E-state index contributed by atoms with van der Waals surface area (Å²) in [6.45, 7) is 0.363. The lowest BCUT2D eigenvalue weighted by Crippen LogP contribution is -2.22. The molecule has 6 heteroatoms. The van der Waals surface area contributed by atoms with Gasteiger partial charge < -0.3 is 10.6 Å². The van der Waals surface area contributed by atoms with Crippen molar-refractivity contribution in [2.24, 2.45) is 0 Å². The zero-order valence-corrected chi connectivity index (χ0v) is 15.4. The van der Waals surface area contributed by atoms with E-state index in [1.54, 1.807) is 36.5 Å². The number of nitrogens with zero attached hydrogens (tertiary/aromatic N) is 1. The minimum Gasteiger partial charge on any atom is -0.348 e. The van der Waals surface area contributed by atoms with Crippen LogP contribution in [0.4, 0.5) is 5.69 Å². The molecule has 0 aliphatic heterocycles. The van der Waals surface area contributed by atoms with Crippen LogP contribution >= 0.6 is 15.9 Å². The molecule has 130 valence electrons. The molecule has 3 aromatic rings. The number of hydrogen-bond donors (Lipinski definition) is 2. The highest BCUT2D eigenvalue weighted by Gasteiger charge is 2.08. The standard InChI is InChI=1S/C20H16BrN3O2/c21-17-7-2-5-15(11-17)19(25)23-12-14-4-1-8-18(10-14)24-20(26)16-6-3-9-22-13-16/h1-11,13H,12H2,(H,23,25)(H,24,26). The number of anilines is 1. The van der Waals surface area contributed by atoms with Gasteiger partial charge in [0.2, 0.25) is 0 Å². The number of nitrogens with one attached hydrogen (secondary N) is 2. The molecule has 0 saturated heterocycles. The van der Waals surface area contributed by atoms with Gasteiger partial charge in [-0.05, 0) is 48.0 Å². The zero-order chi connectivity index (χ0) is 18.4. The first kappa shape index (κ1) is 17.8. The van der Waals surface area contributed by atoms with Crippen molar-refractivity contribution < 1.29 is 9.59 Å². The quantitative estimate of drug-likeness (QED) is 0.668. The summed E-state index contributed by atoms with van der Waals surface area (Å²) < 4.78 is 0.852. The number of carbonyl (C=O) groups is 2. The third-order valence-electron chi connectivity index (χ3n) is 3.65. The van der Waals surface area contributed by atoms with Crippen LogP contribution in [0, 0.1) is 0 Å². The molecule has 0 saturated carbocycles. The summed E-state index contributed by atoms with van der Waals surface area (Å²) in [6.07, 6.45) is 3.13. The van der Waals surface area contributed by atoms with Crippen molar-refractivity contribution in [3.63, 3.8) is 0 Å². The number of rotatable bonds is 5. The third kappa shape index (κ3) is 4.77. The molecule has 5 nitrogen and oxygen atoms in total. The first-order valence-electron chi connectivity index (χ1n) is 7.96. The summed E-state index contributed by atoms with van der Waals surface area (Å²) >= 11 is 3.35.